The summed E-state index contributed by atoms with van der Waals surface area (Å²) in [5, 5.41) is 8.80. The summed E-state index contributed by atoms with van der Waals surface area (Å²) < 4.78 is 37.8. The van der Waals surface area contributed by atoms with Crippen molar-refractivity contribution >= 4 is 12.4 Å². The summed E-state index contributed by atoms with van der Waals surface area (Å²) in [7, 11) is 0. The monoisotopic (exact) mass is 249 g/mol. The quantitative estimate of drug-likeness (QED) is 0.648. The summed E-state index contributed by atoms with van der Waals surface area (Å²) in [6, 6.07) is 5.69. The van der Waals surface area contributed by atoms with E-state index in [1.165, 1.54) is 6.07 Å². The molecule has 1 aromatic rings. The second-order valence-corrected chi connectivity index (χ2v) is 3.77. The fourth-order valence-corrected chi connectivity index (χ4v) is 1.73. The van der Waals surface area contributed by atoms with E-state index in [1.807, 2.05) is 0 Å². The molecule has 0 aromatic heterocycles. The van der Waals surface area contributed by atoms with Crippen LogP contribution in [-0.2, 0) is 0 Å². The fraction of sp³-hybridized carbons (Fsp3) is 0.300. The van der Waals surface area contributed by atoms with Gasteiger partial charge in [0, 0.05) is 5.56 Å². The molecule has 0 heterocycles. The van der Waals surface area contributed by atoms with Crippen molar-refractivity contribution in [3.05, 3.63) is 29.3 Å². The zero-order chi connectivity index (χ0) is 11.1. The Kier molecular flexibility index (Phi) is 4.67. The summed E-state index contributed by atoms with van der Waals surface area (Å²) in [6.45, 7) is -5.08. The second kappa shape index (κ2) is 5.23. The van der Waals surface area contributed by atoms with Crippen LogP contribution in [0, 0.1) is 11.3 Å². The zero-order valence-electron chi connectivity index (χ0n) is 8.88. The number of nitriles is 1. The van der Waals surface area contributed by atoms with Gasteiger partial charge in [-0.2, -0.15) is 5.26 Å². The first-order valence-electron chi connectivity index (χ1n) is 4.77. The molecule has 0 atom stereocenters. The van der Waals surface area contributed by atoms with Gasteiger partial charge in [-0.3, -0.25) is 0 Å². The summed E-state index contributed by atoms with van der Waals surface area (Å²) in [4.78, 5) is 0. The third-order valence-electron chi connectivity index (χ3n) is 2.61. The second-order valence-electron chi connectivity index (χ2n) is 3.77. The zero-order valence-corrected chi connectivity index (χ0v) is 12.0. The van der Waals surface area contributed by atoms with Crippen LogP contribution in [0.25, 0.3) is 0 Å². The van der Waals surface area contributed by atoms with Crippen molar-refractivity contribution in [2.75, 3.05) is 0 Å². The normalized spacial score (nSPS) is 15.1. The van der Waals surface area contributed by atoms with Crippen molar-refractivity contribution < 1.29 is 64.3 Å². The molecule has 16 heavy (non-hydrogen) atoms. The van der Waals surface area contributed by atoms with Crippen molar-refractivity contribution in [3.63, 3.8) is 0 Å². The van der Waals surface area contributed by atoms with Crippen LogP contribution in [0.2, 0.25) is 0 Å². The Morgan fingerprint density at radius 1 is 1.25 bits per heavy atom. The molecule has 6 heteroatoms. The molecular weight excluding hydrogens is 241 g/mol. The average molecular weight is 249 g/mol. The van der Waals surface area contributed by atoms with E-state index in [0.29, 0.717) is 5.56 Å². The molecule has 1 saturated carbocycles. The number of hydrogen-bond acceptors (Lipinski definition) is 1. The molecule has 0 bridgehead atoms. The standard InChI is InChI=1S/C10H8BF3N.K/c12-11(13,14)10-3-1-2-8(7-4-5-7)9(10)6-15;/h1-3,7H,4-5H2;/q-1;+1. The molecular formula is C10H8BF3KN. The van der Waals surface area contributed by atoms with E-state index < -0.39 is 12.4 Å². The smallest absolute Gasteiger partial charge is 0.445 e. The minimum atomic E-state index is -5.08. The van der Waals surface area contributed by atoms with Crippen LogP contribution >= 0.6 is 0 Å². The van der Waals surface area contributed by atoms with Crippen molar-refractivity contribution in [3.8, 4) is 6.07 Å². The fourth-order valence-electron chi connectivity index (χ4n) is 1.73. The van der Waals surface area contributed by atoms with Crippen LogP contribution in [-0.4, -0.2) is 6.98 Å². The van der Waals surface area contributed by atoms with Gasteiger partial charge >= 0.3 is 58.4 Å². The Morgan fingerprint density at radius 3 is 2.31 bits per heavy atom. The molecule has 1 aliphatic carbocycles. The predicted molar refractivity (Wildman–Crippen MR) is 51.8 cm³/mol. The van der Waals surface area contributed by atoms with Crippen LogP contribution < -0.4 is 56.8 Å². The van der Waals surface area contributed by atoms with E-state index in [-0.39, 0.29) is 62.9 Å². The molecule has 1 nitrogen and oxygen atoms in total. The molecule has 2 rings (SSSR count). The van der Waals surface area contributed by atoms with Crippen LogP contribution in [0.15, 0.2) is 18.2 Å². The van der Waals surface area contributed by atoms with Crippen LogP contribution in [0.3, 0.4) is 0 Å². The van der Waals surface area contributed by atoms with Gasteiger partial charge in [0.15, 0.2) is 0 Å². The van der Waals surface area contributed by atoms with E-state index in [0.717, 1.165) is 18.9 Å². The molecule has 0 saturated heterocycles. The van der Waals surface area contributed by atoms with Crippen molar-refractivity contribution in [1.82, 2.24) is 0 Å². The van der Waals surface area contributed by atoms with E-state index in [1.54, 1.807) is 12.1 Å². The van der Waals surface area contributed by atoms with Gasteiger partial charge in [-0.05, 0) is 24.3 Å². The first-order valence-corrected chi connectivity index (χ1v) is 4.77. The van der Waals surface area contributed by atoms with Crippen LogP contribution in [0.1, 0.15) is 29.9 Å². The van der Waals surface area contributed by atoms with Gasteiger partial charge in [-0.15, -0.1) is 0 Å². The number of rotatable bonds is 2. The summed E-state index contributed by atoms with van der Waals surface area (Å²) in [5.74, 6) is 0.165. The molecule has 0 radical (unpaired) electrons. The third-order valence-corrected chi connectivity index (χ3v) is 2.61. The van der Waals surface area contributed by atoms with Gasteiger partial charge in [-0.1, -0.05) is 23.7 Å². The third kappa shape index (κ3) is 2.90. The average Bonchev–Trinajstić information content (AvgIpc) is 2.98. The summed E-state index contributed by atoms with van der Waals surface area (Å²) in [6.07, 6.45) is 1.78. The maximum atomic E-state index is 12.6. The van der Waals surface area contributed by atoms with Crippen LogP contribution in [0.5, 0.6) is 0 Å². The van der Waals surface area contributed by atoms with Gasteiger partial charge in [0.05, 0.1) is 6.07 Å². The predicted octanol–water partition coefficient (Wildman–Crippen LogP) is -0.506. The van der Waals surface area contributed by atoms with Gasteiger partial charge in [0.1, 0.15) is 0 Å². The number of halogens is 3. The molecule has 78 valence electrons. The molecule has 0 N–H and O–H groups in total. The Labute approximate surface area is 135 Å². The Hall–Kier alpha value is 0.201. The first kappa shape index (κ1) is 14.3. The Balaban J connectivity index is 0.00000128. The van der Waals surface area contributed by atoms with Crippen LogP contribution in [0.4, 0.5) is 12.9 Å². The number of nitrogens with zero attached hydrogens (tertiary/aromatic N) is 1. The largest absolute Gasteiger partial charge is 1.00 e. The number of benzene rings is 1. The maximum Gasteiger partial charge on any atom is 1.00 e. The summed E-state index contributed by atoms with van der Waals surface area (Å²) >= 11 is 0. The van der Waals surface area contributed by atoms with Crippen molar-refractivity contribution in [2.45, 2.75) is 18.8 Å². The first-order chi connectivity index (χ1) is 7.04. The summed E-state index contributed by atoms with van der Waals surface area (Å²) in [5.41, 5.74) is -0.358. The van der Waals surface area contributed by atoms with Gasteiger partial charge in [-0.25, -0.2) is 0 Å². The maximum absolute atomic E-state index is 12.6. The van der Waals surface area contributed by atoms with Gasteiger partial charge in [0.25, 0.3) is 0 Å². The molecule has 1 aromatic carbocycles. The van der Waals surface area contributed by atoms with E-state index in [4.69, 9.17) is 5.26 Å². The molecule has 0 unspecified atom stereocenters. The SMILES string of the molecule is N#Cc1c(C2CC2)cccc1[B-](F)(F)F.[K+]. The Bertz CT molecular complexity index is 435. The van der Waals surface area contributed by atoms with E-state index in [9.17, 15) is 12.9 Å². The van der Waals surface area contributed by atoms with Crippen molar-refractivity contribution in [1.29, 1.82) is 5.26 Å². The van der Waals surface area contributed by atoms with E-state index in [2.05, 4.69) is 0 Å². The number of hydrogen-bond donors (Lipinski definition) is 0. The Morgan fingerprint density at radius 2 is 1.88 bits per heavy atom. The van der Waals surface area contributed by atoms with Crippen molar-refractivity contribution in [2.24, 2.45) is 0 Å². The molecule has 1 aliphatic rings. The molecule has 0 aliphatic heterocycles. The van der Waals surface area contributed by atoms with Gasteiger partial charge in [0.2, 0.25) is 0 Å². The van der Waals surface area contributed by atoms with Gasteiger partial charge < -0.3 is 12.9 Å². The molecule has 0 amide bonds. The molecule has 1 fully saturated rings. The molecule has 0 spiro atoms. The topological polar surface area (TPSA) is 23.8 Å². The minimum Gasteiger partial charge on any atom is -0.445 e. The van der Waals surface area contributed by atoms with E-state index >= 15 is 0 Å². The minimum absolute atomic E-state index is 0.